The molecule has 0 atom stereocenters. The number of aromatic hydroxyl groups is 1. The Labute approximate surface area is 137 Å². The van der Waals surface area contributed by atoms with Gasteiger partial charge in [0.2, 0.25) is 0 Å². The van der Waals surface area contributed by atoms with E-state index in [4.69, 9.17) is 13.9 Å². The Balaban J connectivity index is 1.95. The van der Waals surface area contributed by atoms with E-state index in [1.807, 2.05) is 18.2 Å². The monoisotopic (exact) mass is 328 g/mol. The fraction of sp³-hybridized carbons (Fsp3) is 0.176. The van der Waals surface area contributed by atoms with Crippen LogP contribution >= 0.6 is 0 Å². The van der Waals surface area contributed by atoms with Gasteiger partial charge in [0.25, 0.3) is 6.01 Å². The van der Waals surface area contributed by atoms with Gasteiger partial charge in [-0.2, -0.15) is 4.98 Å². The van der Waals surface area contributed by atoms with Gasteiger partial charge in [0.15, 0.2) is 5.58 Å². The summed E-state index contributed by atoms with van der Waals surface area (Å²) in [5.74, 6) is -0.194. The van der Waals surface area contributed by atoms with Crippen molar-refractivity contribution >= 4 is 28.8 Å². The summed E-state index contributed by atoms with van der Waals surface area (Å²) in [6.07, 6.45) is 0. The third kappa shape index (κ3) is 2.96. The molecule has 7 heteroatoms. The number of ether oxygens (including phenoxy) is 2. The summed E-state index contributed by atoms with van der Waals surface area (Å²) in [7, 11) is 1.57. The van der Waals surface area contributed by atoms with E-state index >= 15 is 0 Å². The average molecular weight is 328 g/mol. The van der Waals surface area contributed by atoms with E-state index in [2.05, 4.69) is 10.3 Å². The third-order valence-corrected chi connectivity index (χ3v) is 3.35. The Hall–Kier alpha value is -3.22. The van der Waals surface area contributed by atoms with Crippen molar-refractivity contribution in [3.05, 3.63) is 42.0 Å². The fourth-order valence-electron chi connectivity index (χ4n) is 2.25. The molecule has 0 saturated carbocycles. The van der Waals surface area contributed by atoms with Gasteiger partial charge in [-0.3, -0.25) is 0 Å². The molecule has 7 nitrogen and oxygen atoms in total. The summed E-state index contributed by atoms with van der Waals surface area (Å²) in [6.45, 7) is 1.91. The number of hydrogen-bond acceptors (Lipinski definition) is 7. The molecule has 0 radical (unpaired) electrons. The molecule has 124 valence electrons. The van der Waals surface area contributed by atoms with Crippen molar-refractivity contribution in [3.63, 3.8) is 0 Å². The highest BCUT2D eigenvalue weighted by atomic mass is 16.5. The number of nitrogens with zero attached hydrogens (tertiary/aromatic N) is 1. The number of methoxy groups -OCH3 is 1. The second-order valence-corrected chi connectivity index (χ2v) is 4.90. The Kier molecular flexibility index (Phi) is 4.24. The maximum atomic E-state index is 11.8. The number of carbonyl (C=O) groups excluding carboxylic acids is 1. The lowest BCUT2D eigenvalue weighted by Crippen LogP contribution is -2.04. The summed E-state index contributed by atoms with van der Waals surface area (Å²) in [5, 5.41) is 13.0. The van der Waals surface area contributed by atoms with E-state index in [0.29, 0.717) is 22.5 Å². The van der Waals surface area contributed by atoms with Gasteiger partial charge in [0, 0.05) is 12.1 Å². The summed E-state index contributed by atoms with van der Waals surface area (Å²) >= 11 is 0. The Morgan fingerprint density at radius 2 is 2.12 bits per heavy atom. The summed E-state index contributed by atoms with van der Waals surface area (Å²) < 4.78 is 15.8. The van der Waals surface area contributed by atoms with E-state index in [-0.39, 0.29) is 23.9 Å². The van der Waals surface area contributed by atoms with Crippen molar-refractivity contribution in [1.29, 1.82) is 0 Å². The lowest BCUT2D eigenvalue weighted by molar-refractivity contribution is 0.0523. The fourth-order valence-corrected chi connectivity index (χ4v) is 2.25. The number of fused-ring (bicyclic) bond motifs is 1. The predicted molar refractivity (Wildman–Crippen MR) is 87.9 cm³/mol. The zero-order valence-electron chi connectivity index (χ0n) is 13.2. The van der Waals surface area contributed by atoms with E-state index in [0.717, 1.165) is 0 Å². The van der Waals surface area contributed by atoms with Crippen LogP contribution in [0.25, 0.3) is 11.1 Å². The number of aromatic nitrogens is 1. The molecule has 0 amide bonds. The van der Waals surface area contributed by atoms with Gasteiger partial charge < -0.3 is 24.3 Å². The highest BCUT2D eigenvalue weighted by Gasteiger charge is 2.17. The number of anilines is 2. The number of nitrogens with one attached hydrogen (secondary N) is 1. The van der Waals surface area contributed by atoms with Gasteiger partial charge in [-0.15, -0.1) is 0 Å². The molecular formula is C17H16N2O5. The molecule has 0 aliphatic carbocycles. The molecule has 3 aromatic rings. The van der Waals surface area contributed by atoms with Crippen LogP contribution in [0.2, 0.25) is 0 Å². The minimum atomic E-state index is -0.618. The van der Waals surface area contributed by atoms with Crippen molar-refractivity contribution < 1.29 is 23.8 Å². The minimum Gasteiger partial charge on any atom is -0.507 e. The number of phenolic OH excluding ortho intramolecular Hbond substituents is 1. The molecule has 2 aromatic carbocycles. The molecule has 0 saturated heterocycles. The molecular weight excluding hydrogens is 312 g/mol. The molecule has 0 bridgehead atoms. The smallest absolute Gasteiger partial charge is 0.342 e. The van der Waals surface area contributed by atoms with Crippen LogP contribution < -0.4 is 10.1 Å². The number of para-hydroxylation sites is 2. The van der Waals surface area contributed by atoms with E-state index in [9.17, 15) is 9.90 Å². The van der Waals surface area contributed by atoms with Crippen LogP contribution in [0.1, 0.15) is 17.3 Å². The second kappa shape index (κ2) is 6.49. The first-order chi connectivity index (χ1) is 11.6. The van der Waals surface area contributed by atoms with Crippen LogP contribution in [-0.4, -0.2) is 29.8 Å². The molecule has 1 heterocycles. The Bertz CT molecular complexity index is 888. The van der Waals surface area contributed by atoms with Crippen molar-refractivity contribution in [2.24, 2.45) is 0 Å². The van der Waals surface area contributed by atoms with Gasteiger partial charge in [-0.05, 0) is 19.1 Å². The third-order valence-electron chi connectivity index (χ3n) is 3.35. The standard InChI is InChI=1S/C17H16N2O5/c1-3-23-16(21)10-8-15-12(9-13(10)20)19-17(24-15)18-11-6-4-5-7-14(11)22-2/h4-9,20H,3H2,1-2H3,(H,18,19). The molecule has 0 aliphatic rings. The quantitative estimate of drug-likeness (QED) is 0.693. The molecule has 0 aliphatic heterocycles. The van der Waals surface area contributed by atoms with Gasteiger partial charge in [-0.1, -0.05) is 12.1 Å². The topological polar surface area (TPSA) is 93.8 Å². The molecule has 0 fully saturated rings. The van der Waals surface area contributed by atoms with Crippen LogP contribution in [0.3, 0.4) is 0 Å². The number of carbonyl (C=O) groups is 1. The van der Waals surface area contributed by atoms with Crippen LogP contribution in [0.4, 0.5) is 11.7 Å². The molecule has 2 N–H and O–H groups in total. The van der Waals surface area contributed by atoms with E-state index in [1.165, 1.54) is 12.1 Å². The first kappa shape index (κ1) is 15.7. The van der Waals surface area contributed by atoms with Gasteiger partial charge in [-0.25, -0.2) is 4.79 Å². The van der Waals surface area contributed by atoms with Gasteiger partial charge in [0.05, 0.1) is 19.4 Å². The number of benzene rings is 2. The number of esters is 1. The molecule has 0 unspecified atom stereocenters. The lowest BCUT2D eigenvalue weighted by Gasteiger charge is -2.07. The summed E-state index contributed by atoms with van der Waals surface area (Å²) in [6, 6.07) is 10.3. The summed E-state index contributed by atoms with van der Waals surface area (Å²) in [4.78, 5) is 16.1. The normalized spacial score (nSPS) is 10.6. The first-order valence-electron chi connectivity index (χ1n) is 7.33. The zero-order valence-corrected chi connectivity index (χ0v) is 13.2. The number of rotatable bonds is 5. The maximum Gasteiger partial charge on any atom is 0.342 e. The lowest BCUT2D eigenvalue weighted by atomic mass is 10.2. The highest BCUT2D eigenvalue weighted by Crippen LogP contribution is 2.31. The first-order valence-corrected chi connectivity index (χ1v) is 7.33. The largest absolute Gasteiger partial charge is 0.507 e. The SMILES string of the molecule is CCOC(=O)c1cc2oc(Nc3ccccc3OC)nc2cc1O. The van der Waals surface area contributed by atoms with Crippen LogP contribution in [-0.2, 0) is 4.74 Å². The van der Waals surface area contributed by atoms with Crippen LogP contribution in [0.15, 0.2) is 40.8 Å². The second-order valence-electron chi connectivity index (χ2n) is 4.90. The van der Waals surface area contributed by atoms with Crippen molar-refractivity contribution in [2.45, 2.75) is 6.92 Å². The molecule has 1 aromatic heterocycles. The number of hydrogen-bond donors (Lipinski definition) is 2. The number of phenols is 1. The molecule has 24 heavy (non-hydrogen) atoms. The Morgan fingerprint density at radius 1 is 1.33 bits per heavy atom. The molecule has 3 rings (SSSR count). The molecule has 0 spiro atoms. The summed E-state index contributed by atoms with van der Waals surface area (Å²) in [5.41, 5.74) is 1.48. The van der Waals surface area contributed by atoms with Crippen LogP contribution in [0, 0.1) is 0 Å². The predicted octanol–water partition coefficient (Wildman–Crippen LogP) is 3.46. The van der Waals surface area contributed by atoms with Crippen molar-refractivity contribution in [2.75, 3.05) is 19.0 Å². The highest BCUT2D eigenvalue weighted by molar-refractivity contribution is 5.96. The minimum absolute atomic E-state index is 0.0318. The maximum absolute atomic E-state index is 11.8. The van der Waals surface area contributed by atoms with E-state index < -0.39 is 5.97 Å². The zero-order chi connectivity index (χ0) is 17.1. The van der Waals surface area contributed by atoms with Gasteiger partial charge >= 0.3 is 5.97 Å². The average Bonchev–Trinajstić information content (AvgIpc) is 2.95. The van der Waals surface area contributed by atoms with Crippen molar-refractivity contribution in [3.8, 4) is 11.5 Å². The van der Waals surface area contributed by atoms with Gasteiger partial charge in [0.1, 0.15) is 22.6 Å². The van der Waals surface area contributed by atoms with E-state index in [1.54, 1.807) is 20.1 Å². The Morgan fingerprint density at radius 3 is 2.88 bits per heavy atom. The number of oxazole rings is 1. The van der Waals surface area contributed by atoms with Crippen molar-refractivity contribution in [1.82, 2.24) is 4.98 Å². The van der Waals surface area contributed by atoms with Crippen LogP contribution in [0.5, 0.6) is 11.5 Å².